The largest absolute Gasteiger partial charge is 0.504 e. The van der Waals surface area contributed by atoms with Gasteiger partial charge in [-0.15, -0.1) is 0 Å². The van der Waals surface area contributed by atoms with E-state index in [1.54, 1.807) is 12.1 Å². The molecule has 0 saturated carbocycles. The standard InChI is InChI=1S/C16H10Br3NO3/c1-6-9(17)5-10(18)14-13(6)8(16(23)20-14)2-7-3-11(19)15(22)12(21)4-7/h2-5,21-22H,1H3,(H,20,23). The van der Waals surface area contributed by atoms with Crippen LogP contribution in [0.2, 0.25) is 0 Å². The first kappa shape index (κ1) is 16.5. The smallest absolute Gasteiger partial charge is 0.256 e. The van der Waals surface area contributed by atoms with Crippen molar-refractivity contribution in [2.75, 3.05) is 5.32 Å². The maximum Gasteiger partial charge on any atom is 0.256 e. The van der Waals surface area contributed by atoms with Crippen LogP contribution in [0.4, 0.5) is 5.69 Å². The van der Waals surface area contributed by atoms with E-state index < -0.39 is 0 Å². The Hall–Kier alpha value is -1.31. The Morgan fingerprint density at radius 3 is 2.39 bits per heavy atom. The average Bonchev–Trinajstić information content (AvgIpc) is 2.80. The lowest BCUT2D eigenvalue weighted by atomic mass is 9.99. The third kappa shape index (κ3) is 2.81. The van der Waals surface area contributed by atoms with Gasteiger partial charge in [0.2, 0.25) is 0 Å². The van der Waals surface area contributed by atoms with Crippen molar-refractivity contribution in [2.45, 2.75) is 6.92 Å². The van der Waals surface area contributed by atoms with Crippen LogP contribution in [0.15, 0.2) is 31.6 Å². The molecule has 4 nitrogen and oxygen atoms in total. The van der Waals surface area contributed by atoms with Crippen LogP contribution >= 0.6 is 47.8 Å². The number of hydrogen-bond donors (Lipinski definition) is 3. The third-order valence-corrected chi connectivity index (χ3v) is 5.66. The monoisotopic (exact) mass is 501 g/mol. The number of carbonyl (C=O) groups is 1. The normalized spacial score (nSPS) is 15.0. The number of anilines is 1. The first-order valence-electron chi connectivity index (χ1n) is 6.53. The summed E-state index contributed by atoms with van der Waals surface area (Å²) in [5.74, 6) is -0.701. The molecule has 0 saturated heterocycles. The highest BCUT2D eigenvalue weighted by molar-refractivity contribution is 9.11. The number of nitrogens with one attached hydrogen (secondary N) is 1. The van der Waals surface area contributed by atoms with Gasteiger partial charge in [0.05, 0.1) is 10.2 Å². The second kappa shape index (κ2) is 5.96. The van der Waals surface area contributed by atoms with Crippen molar-refractivity contribution in [3.63, 3.8) is 0 Å². The van der Waals surface area contributed by atoms with Gasteiger partial charge in [0.15, 0.2) is 11.5 Å². The number of hydrogen-bond acceptors (Lipinski definition) is 3. The van der Waals surface area contributed by atoms with E-state index in [1.807, 2.05) is 13.0 Å². The Morgan fingerprint density at radius 2 is 1.74 bits per heavy atom. The number of phenolic OH excluding ortho intramolecular Hbond substituents is 2. The number of aromatic hydroxyl groups is 2. The summed E-state index contributed by atoms with van der Waals surface area (Å²) in [6, 6.07) is 4.93. The second-order valence-electron chi connectivity index (χ2n) is 5.10. The van der Waals surface area contributed by atoms with Crippen LogP contribution in [-0.2, 0) is 4.79 Å². The minimum atomic E-state index is -0.253. The van der Waals surface area contributed by atoms with Gasteiger partial charge in [-0.2, -0.15) is 0 Å². The molecule has 1 heterocycles. The highest BCUT2D eigenvalue weighted by atomic mass is 79.9. The lowest BCUT2D eigenvalue weighted by molar-refractivity contribution is -0.110. The molecule has 118 valence electrons. The molecular weight excluding hydrogens is 494 g/mol. The van der Waals surface area contributed by atoms with Crippen LogP contribution in [0.3, 0.4) is 0 Å². The molecule has 0 spiro atoms. The molecule has 0 bridgehead atoms. The topological polar surface area (TPSA) is 69.6 Å². The van der Waals surface area contributed by atoms with Crippen LogP contribution in [0, 0.1) is 6.92 Å². The highest BCUT2D eigenvalue weighted by Crippen LogP contribution is 2.44. The summed E-state index contributed by atoms with van der Waals surface area (Å²) in [6.45, 7) is 1.92. The van der Waals surface area contributed by atoms with Gasteiger partial charge in [0, 0.05) is 20.1 Å². The van der Waals surface area contributed by atoms with Crippen molar-refractivity contribution in [3.8, 4) is 11.5 Å². The molecule has 1 aliphatic rings. The van der Waals surface area contributed by atoms with E-state index in [0.717, 1.165) is 25.8 Å². The maximum atomic E-state index is 12.3. The van der Waals surface area contributed by atoms with Crippen LogP contribution in [-0.4, -0.2) is 16.1 Å². The molecule has 1 aliphatic heterocycles. The first-order chi connectivity index (χ1) is 10.8. The molecule has 23 heavy (non-hydrogen) atoms. The number of rotatable bonds is 1. The predicted octanol–water partition coefficient (Wildman–Crippen LogP) is 5.19. The molecule has 2 aromatic carbocycles. The number of fused-ring (bicyclic) bond motifs is 1. The lowest BCUT2D eigenvalue weighted by Gasteiger charge is -2.09. The van der Waals surface area contributed by atoms with Crippen molar-refractivity contribution < 1.29 is 15.0 Å². The van der Waals surface area contributed by atoms with Gasteiger partial charge in [-0.1, -0.05) is 15.9 Å². The van der Waals surface area contributed by atoms with Crippen LogP contribution in [0.25, 0.3) is 11.6 Å². The fourth-order valence-electron chi connectivity index (χ4n) is 2.46. The molecule has 0 fully saturated rings. The third-order valence-electron chi connectivity index (χ3n) is 3.60. The van der Waals surface area contributed by atoms with Crippen LogP contribution < -0.4 is 5.32 Å². The molecule has 0 radical (unpaired) electrons. The zero-order valence-electron chi connectivity index (χ0n) is 11.7. The molecule has 0 unspecified atom stereocenters. The second-order valence-corrected chi connectivity index (χ2v) is 7.66. The van der Waals surface area contributed by atoms with Gasteiger partial charge >= 0.3 is 0 Å². The summed E-state index contributed by atoms with van der Waals surface area (Å²) >= 11 is 10.1. The summed E-state index contributed by atoms with van der Waals surface area (Å²) in [7, 11) is 0. The molecule has 0 aliphatic carbocycles. The van der Waals surface area contributed by atoms with Crippen molar-refractivity contribution in [2.24, 2.45) is 0 Å². The summed E-state index contributed by atoms with van der Waals surface area (Å²) in [5.41, 5.74) is 3.57. The number of carbonyl (C=O) groups excluding carboxylic acids is 1. The van der Waals surface area contributed by atoms with E-state index in [4.69, 9.17) is 0 Å². The first-order valence-corrected chi connectivity index (χ1v) is 8.91. The van der Waals surface area contributed by atoms with Crippen molar-refractivity contribution in [1.82, 2.24) is 0 Å². The summed E-state index contributed by atoms with van der Waals surface area (Å²) < 4.78 is 2.03. The van der Waals surface area contributed by atoms with E-state index >= 15 is 0 Å². The fourth-order valence-corrected chi connectivity index (χ4v) is 4.19. The molecular formula is C16H10Br3NO3. The Bertz CT molecular complexity index is 868. The Kier molecular flexibility index (Phi) is 4.29. The summed E-state index contributed by atoms with van der Waals surface area (Å²) in [6.07, 6.45) is 1.68. The zero-order chi connectivity index (χ0) is 16.9. The van der Waals surface area contributed by atoms with Crippen molar-refractivity contribution in [1.29, 1.82) is 0 Å². The van der Waals surface area contributed by atoms with E-state index in [1.165, 1.54) is 6.07 Å². The molecule has 2 aromatic rings. The number of halogens is 3. The minimum Gasteiger partial charge on any atom is -0.504 e. The molecule has 1 amide bonds. The van der Waals surface area contributed by atoms with E-state index in [9.17, 15) is 15.0 Å². The number of phenols is 2. The van der Waals surface area contributed by atoms with Gasteiger partial charge in [0.25, 0.3) is 5.91 Å². The predicted molar refractivity (Wildman–Crippen MR) is 101 cm³/mol. The van der Waals surface area contributed by atoms with Crippen molar-refractivity contribution in [3.05, 3.63) is 48.3 Å². The summed E-state index contributed by atoms with van der Waals surface area (Å²) in [5, 5.41) is 22.2. The molecule has 3 rings (SSSR count). The number of amides is 1. The minimum absolute atomic E-state index is 0.217. The molecule has 7 heteroatoms. The van der Waals surface area contributed by atoms with Gasteiger partial charge in [0.1, 0.15) is 0 Å². The van der Waals surface area contributed by atoms with Gasteiger partial charge in [-0.3, -0.25) is 4.79 Å². The lowest BCUT2D eigenvalue weighted by Crippen LogP contribution is -2.03. The van der Waals surface area contributed by atoms with Gasteiger partial charge in [-0.25, -0.2) is 0 Å². The SMILES string of the molecule is Cc1c(Br)cc(Br)c2c1C(=Cc1cc(O)c(O)c(Br)c1)C(=O)N2. The molecule has 3 N–H and O–H groups in total. The highest BCUT2D eigenvalue weighted by Gasteiger charge is 2.29. The Labute approximate surface area is 157 Å². The van der Waals surface area contributed by atoms with E-state index in [2.05, 4.69) is 53.1 Å². The zero-order valence-corrected chi connectivity index (χ0v) is 16.5. The molecule has 0 atom stereocenters. The Balaban J connectivity index is 2.22. The fraction of sp³-hybridized carbons (Fsp3) is 0.0625. The van der Waals surface area contributed by atoms with Crippen LogP contribution in [0.5, 0.6) is 11.5 Å². The van der Waals surface area contributed by atoms with E-state index in [-0.39, 0.29) is 17.4 Å². The Morgan fingerprint density at radius 1 is 1.04 bits per heavy atom. The van der Waals surface area contributed by atoms with Crippen LogP contribution in [0.1, 0.15) is 16.7 Å². The van der Waals surface area contributed by atoms with E-state index in [0.29, 0.717) is 15.6 Å². The number of benzene rings is 2. The van der Waals surface area contributed by atoms with Gasteiger partial charge < -0.3 is 15.5 Å². The average molecular weight is 504 g/mol. The van der Waals surface area contributed by atoms with Crippen molar-refractivity contribution >= 4 is 71.0 Å². The molecule has 0 aromatic heterocycles. The quantitative estimate of drug-likeness (QED) is 0.371. The summed E-state index contributed by atoms with van der Waals surface area (Å²) in [4.78, 5) is 12.3. The maximum absolute atomic E-state index is 12.3. The van der Waals surface area contributed by atoms with Gasteiger partial charge in [-0.05, 0) is 74.2 Å².